The van der Waals surface area contributed by atoms with E-state index >= 15 is 0 Å². The van der Waals surface area contributed by atoms with E-state index in [1.807, 2.05) is 25.1 Å². The van der Waals surface area contributed by atoms with Crippen molar-refractivity contribution in [2.75, 3.05) is 5.32 Å². The van der Waals surface area contributed by atoms with Gasteiger partial charge in [-0.3, -0.25) is 4.98 Å². The molecule has 1 aliphatic rings. The van der Waals surface area contributed by atoms with Crippen molar-refractivity contribution in [1.29, 1.82) is 0 Å². The van der Waals surface area contributed by atoms with Crippen LogP contribution in [0, 0.1) is 6.92 Å². The average molecular weight is 241 g/mol. The van der Waals surface area contributed by atoms with E-state index in [0.717, 1.165) is 11.3 Å². The summed E-state index contributed by atoms with van der Waals surface area (Å²) < 4.78 is 0. The van der Waals surface area contributed by atoms with Crippen molar-refractivity contribution in [2.45, 2.75) is 25.5 Å². The van der Waals surface area contributed by atoms with Gasteiger partial charge in [0.05, 0.1) is 24.0 Å². The normalized spacial score (nSPS) is 21.7. The van der Waals surface area contributed by atoms with Crippen LogP contribution >= 0.6 is 0 Å². The number of aliphatic hydroxyl groups excluding tert-OH is 1. The molecule has 0 unspecified atom stereocenters. The maximum absolute atomic E-state index is 10.1. The molecule has 18 heavy (non-hydrogen) atoms. The number of nitrogens with zero attached hydrogens (tertiary/aromatic N) is 2. The molecule has 4 heteroatoms. The van der Waals surface area contributed by atoms with Crippen LogP contribution in [-0.2, 0) is 6.42 Å². The van der Waals surface area contributed by atoms with Crippen LogP contribution in [0.2, 0.25) is 0 Å². The summed E-state index contributed by atoms with van der Waals surface area (Å²) in [6, 6.07) is 8.00. The average Bonchev–Trinajstić information content (AvgIpc) is 2.66. The van der Waals surface area contributed by atoms with Crippen LogP contribution in [0.5, 0.6) is 0 Å². The quantitative estimate of drug-likeness (QED) is 0.842. The molecule has 0 saturated carbocycles. The highest BCUT2D eigenvalue weighted by molar-refractivity contribution is 5.44. The lowest BCUT2D eigenvalue weighted by Crippen LogP contribution is -2.21. The zero-order valence-corrected chi connectivity index (χ0v) is 10.2. The van der Waals surface area contributed by atoms with E-state index in [9.17, 15) is 5.11 Å². The van der Waals surface area contributed by atoms with Crippen LogP contribution in [-0.4, -0.2) is 21.2 Å². The lowest BCUT2D eigenvalue weighted by Gasteiger charge is -2.18. The molecule has 92 valence electrons. The Morgan fingerprint density at radius 1 is 1.28 bits per heavy atom. The van der Waals surface area contributed by atoms with Gasteiger partial charge in [-0.1, -0.05) is 24.3 Å². The molecule has 1 aromatic heterocycles. The van der Waals surface area contributed by atoms with Crippen molar-refractivity contribution < 1.29 is 5.11 Å². The zero-order valence-electron chi connectivity index (χ0n) is 10.2. The second kappa shape index (κ2) is 4.38. The third-order valence-electron chi connectivity index (χ3n) is 3.26. The summed E-state index contributed by atoms with van der Waals surface area (Å²) in [4.78, 5) is 8.46. The number of aromatic nitrogens is 2. The second-order valence-electron chi connectivity index (χ2n) is 4.64. The first kappa shape index (κ1) is 11.2. The molecule has 0 saturated heterocycles. The summed E-state index contributed by atoms with van der Waals surface area (Å²) in [5.41, 5.74) is 3.21. The largest absolute Gasteiger partial charge is 0.390 e. The molecule has 0 amide bonds. The summed E-state index contributed by atoms with van der Waals surface area (Å²) in [6.07, 6.45) is 3.67. The van der Waals surface area contributed by atoms with Gasteiger partial charge in [-0.2, -0.15) is 0 Å². The van der Waals surface area contributed by atoms with E-state index in [0.29, 0.717) is 12.2 Å². The Morgan fingerprint density at radius 2 is 2.11 bits per heavy atom. The summed E-state index contributed by atoms with van der Waals surface area (Å²) >= 11 is 0. The first-order valence-corrected chi connectivity index (χ1v) is 6.05. The van der Waals surface area contributed by atoms with E-state index in [1.54, 1.807) is 12.4 Å². The highest BCUT2D eigenvalue weighted by Gasteiger charge is 2.30. The third kappa shape index (κ3) is 1.95. The van der Waals surface area contributed by atoms with Crippen molar-refractivity contribution in [3.05, 3.63) is 53.5 Å². The molecule has 0 aliphatic heterocycles. The Kier molecular flexibility index (Phi) is 2.72. The molecule has 1 heterocycles. The van der Waals surface area contributed by atoms with Crippen LogP contribution in [0.3, 0.4) is 0 Å². The van der Waals surface area contributed by atoms with Gasteiger partial charge in [0.1, 0.15) is 5.82 Å². The maximum Gasteiger partial charge on any atom is 0.145 e. The van der Waals surface area contributed by atoms with E-state index in [2.05, 4.69) is 21.4 Å². The Bertz CT molecular complexity index is 570. The molecule has 4 nitrogen and oxygen atoms in total. The van der Waals surface area contributed by atoms with E-state index in [-0.39, 0.29) is 6.04 Å². The van der Waals surface area contributed by atoms with Crippen molar-refractivity contribution in [2.24, 2.45) is 0 Å². The molecule has 2 atom stereocenters. The summed E-state index contributed by atoms with van der Waals surface area (Å²) in [6.45, 7) is 1.90. The fourth-order valence-corrected chi connectivity index (χ4v) is 2.44. The first-order chi connectivity index (χ1) is 8.74. The van der Waals surface area contributed by atoms with Crippen LogP contribution in [0.4, 0.5) is 5.82 Å². The van der Waals surface area contributed by atoms with Crippen molar-refractivity contribution in [3.63, 3.8) is 0 Å². The number of hydrogen-bond donors (Lipinski definition) is 2. The van der Waals surface area contributed by atoms with Gasteiger partial charge in [-0.25, -0.2) is 4.98 Å². The number of rotatable bonds is 2. The van der Waals surface area contributed by atoms with Gasteiger partial charge in [0.25, 0.3) is 0 Å². The summed E-state index contributed by atoms with van der Waals surface area (Å²) in [7, 11) is 0. The smallest absolute Gasteiger partial charge is 0.145 e. The number of aliphatic hydroxyl groups is 1. The minimum atomic E-state index is -0.412. The summed E-state index contributed by atoms with van der Waals surface area (Å²) in [5.74, 6) is 0.704. The molecule has 0 fully saturated rings. The molecular formula is C14H15N3O. The minimum absolute atomic E-state index is 0.0997. The molecule has 2 N–H and O–H groups in total. The number of benzene rings is 1. The fraction of sp³-hybridized carbons (Fsp3) is 0.286. The summed E-state index contributed by atoms with van der Waals surface area (Å²) in [5, 5.41) is 13.4. The molecule has 1 aromatic carbocycles. The van der Waals surface area contributed by atoms with Gasteiger partial charge in [-0.05, 0) is 18.1 Å². The van der Waals surface area contributed by atoms with Crippen molar-refractivity contribution in [1.82, 2.24) is 9.97 Å². The molecule has 2 aromatic rings. The van der Waals surface area contributed by atoms with Crippen LogP contribution in [0.25, 0.3) is 0 Å². The number of anilines is 1. The number of hydrogen-bond acceptors (Lipinski definition) is 4. The van der Waals surface area contributed by atoms with Crippen LogP contribution in [0.1, 0.15) is 22.9 Å². The van der Waals surface area contributed by atoms with E-state index in [1.165, 1.54) is 5.56 Å². The van der Waals surface area contributed by atoms with Gasteiger partial charge in [0.15, 0.2) is 0 Å². The number of fused-ring (bicyclic) bond motifs is 1. The molecule has 1 aliphatic carbocycles. The lowest BCUT2D eigenvalue weighted by molar-refractivity contribution is 0.165. The third-order valence-corrected chi connectivity index (χ3v) is 3.26. The van der Waals surface area contributed by atoms with E-state index in [4.69, 9.17) is 0 Å². The molecule has 3 rings (SSSR count). The standard InChI is InChI=1S/C14H15N3O/c1-9-7-15-8-13(16-9)17-14-11-5-3-2-4-10(11)6-12(14)18/h2-5,7-8,12,14,18H,6H2,1H3,(H,16,17)/t12-,14+/m1/s1. The van der Waals surface area contributed by atoms with E-state index < -0.39 is 6.10 Å². The van der Waals surface area contributed by atoms with Gasteiger partial charge in [-0.15, -0.1) is 0 Å². The number of nitrogens with one attached hydrogen (secondary N) is 1. The molecular weight excluding hydrogens is 226 g/mol. The van der Waals surface area contributed by atoms with Gasteiger partial charge in [0.2, 0.25) is 0 Å². The topological polar surface area (TPSA) is 58.0 Å². The van der Waals surface area contributed by atoms with Crippen LogP contribution in [0.15, 0.2) is 36.7 Å². The predicted molar refractivity (Wildman–Crippen MR) is 69.3 cm³/mol. The maximum atomic E-state index is 10.1. The Balaban J connectivity index is 1.89. The van der Waals surface area contributed by atoms with Crippen LogP contribution < -0.4 is 5.32 Å². The van der Waals surface area contributed by atoms with Crippen molar-refractivity contribution in [3.8, 4) is 0 Å². The minimum Gasteiger partial charge on any atom is -0.390 e. The zero-order chi connectivity index (χ0) is 12.5. The highest BCUT2D eigenvalue weighted by atomic mass is 16.3. The second-order valence-corrected chi connectivity index (χ2v) is 4.64. The SMILES string of the molecule is Cc1cncc(N[C@H]2c3ccccc3C[C@H]2O)n1. The molecule has 0 spiro atoms. The molecule has 0 radical (unpaired) electrons. The predicted octanol–water partition coefficient (Wildman–Crippen LogP) is 1.86. The van der Waals surface area contributed by atoms with Gasteiger partial charge in [0, 0.05) is 12.6 Å². The Hall–Kier alpha value is -1.94. The fourth-order valence-electron chi connectivity index (χ4n) is 2.44. The van der Waals surface area contributed by atoms with Gasteiger partial charge >= 0.3 is 0 Å². The Labute approximate surface area is 106 Å². The van der Waals surface area contributed by atoms with Crippen molar-refractivity contribution >= 4 is 5.82 Å². The monoisotopic (exact) mass is 241 g/mol. The first-order valence-electron chi connectivity index (χ1n) is 6.05. The lowest BCUT2D eigenvalue weighted by atomic mass is 10.1. The highest BCUT2D eigenvalue weighted by Crippen LogP contribution is 2.33. The molecule has 0 bridgehead atoms. The number of aryl methyl sites for hydroxylation is 1. The Morgan fingerprint density at radius 3 is 2.94 bits per heavy atom. The van der Waals surface area contributed by atoms with Gasteiger partial charge < -0.3 is 10.4 Å².